The van der Waals surface area contributed by atoms with E-state index in [-0.39, 0.29) is 11.9 Å². The summed E-state index contributed by atoms with van der Waals surface area (Å²) in [6.07, 6.45) is 3.97. The molecular formula is C18H18N2O2. The van der Waals surface area contributed by atoms with Crippen LogP contribution in [0.1, 0.15) is 5.56 Å². The van der Waals surface area contributed by atoms with E-state index < -0.39 is 6.04 Å². The molecule has 1 aliphatic rings. The lowest BCUT2D eigenvalue weighted by Gasteiger charge is -2.43. The lowest BCUT2D eigenvalue weighted by molar-refractivity contribution is -0.125. The second-order valence-corrected chi connectivity index (χ2v) is 5.19. The second kappa shape index (κ2) is 6.03. The van der Waals surface area contributed by atoms with Gasteiger partial charge in [0.15, 0.2) is 0 Å². The molecule has 2 atom stereocenters. The van der Waals surface area contributed by atoms with Crippen molar-refractivity contribution in [3.63, 3.8) is 0 Å². The van der Waals surface area contributed by atoms with E-state index in [1.54, 1.807) is 12.0 Å². The molecule has 1 amide bonds. The predicted molar refractivity (Wildman–Crippen MR) is 87.7 cm³/mol. The molecule has 0 radical (unpaired) electrons. The Balaban J connectivity index is 1.80. The van der Waals surface area contributed by atoms with Gasteiger partial charge in [-0.3, -0.25) is 4.79 Å². The van der Waals surface area contributed by atoms with Gasteiger partial charge in [-0.1, -0.05) is 42.5 Å². The molecule has 1 aliphatic heterocycles. The van der Waals surface area contributed by atoms with Crippen LogP contribution in [0.2, 0.25) is 0 Å². The minimum absolute atomic E-state index is 0.0621. The topological polar surface area (TPSA) is 55.6 Å². The van der Waals surface area contributed by atoms with Crippen LogP contribution in [0.5, 0.6) is 5.75 Å². The number of ether oxygens (including phenoxy) is 1. The zero-order chi connectivity index (χ0) is 15.5. The number of amides is 1. The van der Waals surface area contributed by atoms with Crippen LogP contribution < -0.4 is 15.4 Å². The summed E-state index contributed by atoms with van der Waals surface area (Å²) < 4.78 is 5.14. The third-order valence-electron chi connectivity index (χ3n) is 3.82. The van der Waals surface area contributed by atoms with Crippen LogP contribution in [0.25, 0.3) is 6.08 Å². The van der Waals surface area contributed by atoms with Gasteiger partial charge < -0.3 is 15.4 Å². The first-order chi connectivity index (χ1) is 10.7. The summed E-state index contributed by atoms with van der Waals surface area (Å²) in [6, 6.07) is 16.8. The zero-order valence-corrected chi connectivity index (χ0v) is 12.3. The van der Waals surface area contributed by atoms with Crippen LogP contribution in [0, 0.1) is 0 Å². The normalized spacial score (nSPS) is 21.0. The van der Waals surface area contributed by atoms with Crippen LogP contribution in [0.4, 0.5) is 5.69 Å². The third-order valence-corrected chi connectivity index (χ3v) is 3.82. The zero-order valence-electron chi connectivity index (χ0n) is 12.3. The number of nitrogens with two attached hydrogens (primary N) is 1. The van der Waals surface area contributed by atoms with Crippen LogP contribution in [0.3, 0.4) is 0 Å². The monoisotopic (exact) mass is 294 g/mol. The quantitative estimate of drug-likeness (QED) is 0.881. The van der Waals surface area contributed by atoms with Crippen LogP contribution >= 0.6 is 0 Å². The average Bonchev–Trinajstić information content (AvgIpc) is 2.59. The van der Waals surface area contributed by atoms with Gasteiger partial charge in [-0.25, -0.2) is 0 Å². The number of rotatable bonds is 4. The van der Waals surface area contributed by atoms with Crippen LogP contribution in [0.15, 0.2) is 60.7 Å². The summed E-state index contributed by atoms with van der Waals surface area (Å²) in [7, 11) is 1.62. The second-order valence-electron chi connectivity index (χ2n) is 5.19. The highest BCUT2D eigenvalue weighted by atomic mass is 16.5. The molecule has 3 rings (SSSR count). The molecule has 1 fully saturated rings. The smallest absolute Gasteiger partial charge is 0.247 e. The van der Waals surface area contributed by atoms with Crippen LogP contribution in [-0.4, -0.2) is 25.1 Å². The number of benzene rings is 2. The van der Waals surface area contributed by atoms with E-state index in [9.17, 15) is 4.79 Å². The number of hydrogen-bond donors (Lipinski definition) is 1. The lowest BCUT2D eigenvalue weighted by atomic mass is 9.93. The van der Waals surface area contributed by atoms with Crippen molar-refractivity contribution >= 4 is 17.7 Å². The largest absolute Gasteiger partial charge is 0.497 e. The molecule has 112 valence electrons. The fourth-order valence-corrected chi connectivity index (χ4v) is 2.55. The summed E-state index contributed by atoms with van der Waals surface area (Å²) in [5, 5.41) is 0. The number of hydrogen-bond acceptors (Lipinski definition) is 3. The number of nitrogens with zero attached hydrogens (tertiary/aromatic N) is 1. The molecule has 1 heterocycles. The summed E-state index contributed by atoms with van der Waals surface area (Å²) in [6.45, 7) is 0. The molecule has 0 saturated carbocycles. The first-order valence-corrected chi connectivity index (χ1v) is 7.16. The summed E-state index contributed by atoms with van der Waals surface area (Å²) in [5.74, 6) is 0.699. The molecule has 2 unspecified atom stereocenters. The van der Waals surface area contributed by atoms with Crippen molar-refractivity contribution in [3.8, 4) is 5.75 Å². The Morgan fingerprint density at radius 1 is 1.09 bits per heavy atom. The first-order valence-electron chi connectivity index (χ1n) is 7.16. The number of carbonyl (C=O) groups excluding carboxylic acids is 1. The van der Waals surface area contributed by atoms with Gasteiger partial charge in [0, 0.05) is 5.69 Å². The van der Waals surface area contributed by atoms with E-state index in [0.29, 0.717) is 0 Å². The van der Waals surface area contributed by atoms with E-state index in [1.807, 2.05) is 66.7 Å². The summed E-state index contributed by atoms with van der Waals surface area (Å²) in [5.41, 5.74) is 7.86. The standard InChI is InChI=1S/C18H18N2O2/c1-22-15-10-8-14(9-11-15)20-16(17(19)18(20)21)12-7-13-5-3-2-4-6-13/h2-12,16-17H,19H2,1H3/b12-7+. The molecule has 0 aromatic heterocycles. The minimum Gasteiger partial charge on any atom is -0.497 e. The van der Waals surface area contributed by atoms with Gasteiger partial charge in [0.2, 0.25) is 5.91 Å². The molecule has 2 N–H and O–H groups in total. The number of methoxy groups -OCH3 is 1. The maximum atomic E-state index is 12.1. The van der Waals surface area contributed by atoms with Crippen LogP contribution in [-0.2, 0) is 4.79 Å². The third kappa shape index (κ3) is 2.61. The highest BCUT2D eigenvalue weighted by Crippen LogP contribution is 2.29. The van der Waals surface area contributed by atoms with Gasteiger partial charge in [0.25, 0.3) is 0 Å². The van der Waals surface area contributed by atoms with E-state index in [2.05, 4.69) is 0 Å². The molecular weight excluding hydrogens is 276 g/mol. The number of anilines is 1. The molecule has 1 saturated heterocycles. The fraction of sp³-hybridized carbons (Fsp3) is 0.167. The maximum absolute atomic E-state index is 12.1. The molecule has 2 aromatic rings. The molecule has 4 heteroatoms. The summed E-state index contributed by atoms with van der Waals surface area (Å²) in [4.78, 5) is 13.8. The fourth-order valence-electron chi connectivity index (χ4n) is 2.55. The highest BCUT2D eigenvalue weighted by Gasteiger charge is 2.44. The van der Waals surface area contributed by atoms with Crippen molar-refractivity contribution in [2.45, 2.75) is 12.1 Å². The highest BCUT2D eigenvalue weighted by molar-refractivity contribution is 6.06. The van der Waals surface area contributed by atoms with Gasteiger partial charge in [-0.05, 0) is 29.8 Å². The van der Waals surface area contributed by atoms with Crippen molar-refractivity contribution in [2.24, 2.45) is 5.73 Å². The van der Waals surface area contributed by atoms with Gasteiger partial charge in [-0.2, -0.15) is 0 Å². The first kappa shape index (κ1) is 14.4. The molecule has 0 aliphatic carbocycles. The van der Waals surface area contributed by atoms with E-state index >= 15 is 0 Å². The minimum atomic E-state index is -0.484. The Morgan fingerprint density at radius 3 is 2.41 bits per heavy atom. The van der Waals surface area contributed by atoms with Crippen molar-refractivity contribution in [1.29, 1.82) is 0 Å². The Hall–Kier alpha value is -2.59. The van der Waals surface area contributed by atoms with E-state index in [1.165, 1.54) is 0 Å². The Morgan fingerprint density at radius 2 is 1.77 bits per heavy atom. The molecule has 0 bridgehead atoms. The Labute approximate surface area is 129 Å². The van der Waals surface area contributed by atoms with Gasteiger partial charge in [0.05, 0.1) is 13.2 Å². The molecule has 4 nitrogen and oxygen atoms in total. The molecule has 2 aromatic carbocycles. The Kier molecular flexibility index (Phi) is 3.94. The molecule has 0 spiro atoms. The average molecular weight is 294 g/mol. The van der Waals surface area contributed by atoms with Gasteiger partial charge in [0.1, 0.15) is 11.8 Å². The number of carbonyl (C=O) groups is 1. The van der Waals surface area contributed by atoms with Crippen molar-refractivity contribution in [1.82, 2.24) is 0 Å². The maximum Gasteiger partial charge on any atom is 0.247 e. The van der Waals surface area contributed by atoms with Gasteiger partial charge >= 0.3 is 0 Å². The lowest BCUT2D eigenvalue weighted by Crippen LogP contribution is -2.68. The molecule has 22 heavy (non-hydrogen) atoms. The van der Waals surface area contributed by atoms with Crippen molar-refractivity contribution in [2.75, 3.05) is 12.0 Å². The van der Waals surface area contributed by atoms with Crippen molar-refractivity contribution < 1.29 is 9.53 Å². The van der Waals surface area contributed by atoms with E-state index in [4.69, 9.17) is 10.5 Å². The van der Waals surface area contributed by atoms with Gasteiger partial charge in [-0.15, -0.1) is 0 Å². The number of β-lactam (4-membered cyclic amide) rings is 1. The predicted octanol–water partition coefficient (Wildman–Crippen LogP) is 2.45. The Bertz CT molecular complexity index is 680. The SMILES string of the molecule is COc1ccc(N2C(=O)C(N)C2/C=C/c2ccccc2)cc1. The summed E-state index contributed by atoms with van der Waals surface area (Å²) >= 11 is 0. The van der Waals surface area contributed by atoms with E-state index in [0.717, 1.165) is 17.0 Å². The van der Waals surface area contributed by atoms with Crippen molar-refractivity contribution in [3.05, 3.63) is 66.2 Å².